The van der Waals surface area contributed by atoms with E-state index in [2.05, 4.69) is 39.9 Å². The van der Waals surface area contributed by atoms with Crippen molar-refractivity contribution in [3.63, 3.8) is 0 Å². The van der Waals surface area contributed by atoms with Crippen LogP contribution in [0, 0.1) is 0 Å². The Morgan fingerprint density at radius 2 is 2.17 bits per heavy atom. The third kappa shape index (κ3) is 3.27. The number of unbranched alkanes of at least 4 members (excludes halogenated alkanes) is 1. The maximum absolute atomic E-state index is 9.65. The van der Waals surface area contributed by atoms with E-state index in [1.165, 1.54) is 31.4 Å². The summed E-state index contributed by atoms with van der Waals surface area (Å²) < 4.78 is 1.01. The summed E-state index contributed by atoms with van der Waals surface area (Å²) in [5.41, 5.74) is 2.24. The van der Waals surface area contributed by atoms with Gasteiger partial charge >= 0.3 is 0 Å². The molecule has 1 atom stereocenters. The highest BCUT2D eigenvalue weighted by molar-refractivity contribution is 9.10. The third-order valence-electron chi connectivity index (χ3n) is 3.51. The second kappa shape index (κ2) is 6.07. The van der Waals surface area contributed by atoms with Gasteiger partial charge in [-0.25, -0.2) is 0 Å². The molecule has 1 aromatic rings. The van der Waals surface area contributed by atoms with Gasteiger partial charge in [-0.2, -0.15) is 0 Å². The van der Waals surface area contributed by atoms with Crippen molar-refractivity contribution >= 4 is 21.6 Å². The maximum Gasteiger partial charge on any atom is 0.0772 e. The van der Waals surface area contributed by atoms with Gasteiger partial charge < -0.3 is 10.0 Å². The highest BCUT2D eigenvalue weighted by Gasteiger charge is 2.29. The second-order valence-corrected chi connectivity index (χ2v) is 6.01. The number of hydrogen-bond donors (Lipinski definition) is 1. The van der Waals surface area contributed by atoms with E-state index in [4.69, 9.17) is 0 Å². The molecule has 0 heterocycles. The zero-order valence-corrected chi connectivity index (χ0v) is 12.8. The smallest absolute Gasteiger partial charge is 0.0772 e. The zero-order chi connectivity index (χ0) is 13.1. The Kier molecular flexibility index (Phi) is 4.68. The van der Waals surface area contributed by atoms with Crippen molar-refractivity contribution in [3.05, 3.63) is 28.2 Å². The predicted molar refractivity (Wildman–Crippen MR) is 80.1 cm³/mol. The number of halogens is 1. The molecule has 1 aromatic carbocycles. The molecular formula is C15H22BrNO. The van der Waals surface area contributed by atoms with Crippen LogP contribution in [0.1, 0.15) is 51.2 Å². The Morgan fingerprint density at radius 1 is 1.44 bits per heavy atom. The van der Waals surface area contributed by atoms with Crippen LogP contribution in [0.5, 0.6) is 0 Å². The largest absolute Gasteiger partial charge is 0.389 e. The maximum atomic E-state index is 9.65. The SMILES string of the molecule is CCCCN(c1ccc(C(C)O)c(Br)c1)C1CC1. The van der Waals surface area contributed by atoms with Crippen LogP contribution in [0.25, 0.3) is 0 Å². The lowest BCUT2D eigenvalue weighted by Crippen LogP contribution is -2.26. The lowest BCUT2D eigenvalue weighted by Gasteiger charge is -2.25. The van der Waals surface area contributed by atoms with Crippen molar-refractivity contribution in [1.82, 2.24) is 0 Å². The van der Waals surface area contributed by atoms with Gasteiger partial charge in [-0.3, -0.25) is 0 Å². The lowest BCUT2D eigenvalue weighted by atomic mass is 10.1. The summed E-state index contributed by atoms with van der Waals surface area (Å²) in [5.74, 6) is 0. The minimum atomic E-state index is -0.418. The minimum absolute atomic E-state index is 0.418. The number of nitrogens with zero attached hydrogens (tertiary/aromatic N) is 1. The molecule has 1 aliphatic carbocycles. The molecule has 100 valence electrons. The molecule has 0 amide bonds. The van der Waals surface area contributed by atoms with Crippen molar-refractivity contribution in [3.8, 4) is 0 Å². The van der Waals surface area contributed by atoms with Crippen LogP contribution < -0.4 is 4.90 Å². The number of rotatable bonds is 6. The van der Waals surface area contributed by atoms with Crippen LogP contribution in [0.3, 0.4) is 0 Å². The second-order valence-electron chi connectivity index (χ2n) is 5.16. The van der Waals surface area contributed by atoms with Gasteiger partial charge in [-0.1, -0.05) is 35.3 Å². The quantitative estimate of drug-likeness (QED) is 0.848. The average Bonchev–Trinajstić information content (AvgIpc) is 3.13. The van der Waals surface area contributed by atoms with Crippen molar-refractivity contribution in [2.45, 2.75) is 51.7 Å². The van der Waals surface area contributed by atoms with E-state index < -0.39 is 6.10 Å². The first-order valence-electron chi connectivity index (χ1n) is 6.87. The molecule has 0 radical (unpaired) electrons. The number of benzene rings is 1. The number of aliphatic hydroxyl groups excluding tert-OH is 1. The fourth-order valence-electron chi connectivity index (χ4n) is 2.27. The fraction of sp³-hybridized carbons (Fsp3) is 0.600. The minimum Gasteiger partial charge on any atom is -0.389 e. The summed E-state index contributed by atoms with van der Waals surface area (Å²) in [7, 11) is 0. The van der Waals surface area contributed by atoms with E-state index in [1.807, 2.05) is 6.07 Å². The molecule has 0 spiro atoms. The van der Waals surface area contributed by atoms with Crippen molar-refractivity contribution in [1.29, 1.82) is 0 Å². The first kappa shape index (κ1) is 13.9. The first-order valence-corrected chi connectivity index (χ1v) is 7.67. The van der Waals surface area contributed by atoms with Gasteiger partial charge in [0.1, 0.15) is 0 Å². The summed E-state index contributed by atoms with van der Waals surface area (Å²) in [6, 6.07) is 7.06. The zero-order valence-electron chi connectivity index (χ0n) is 11.2. The van der Waals surface area contributed by atoms with Gasteiger partial charge in [0.2, 0.25) is 0 Å². The molecular weight excluding hydrogens is 290 g/mol. The highest BCUT2D eigenvalue weighted by atomic mass is 79.9. The van der Waals surface area contributed by atoms with Crippen LogP contribution in [-0.2, 0) is 0 Å². The molecule has 2 rings (SSSR count). The lowest BCUT2D eigenvalue weighted by molar-refractivity contribution is 0.198. The summed E-state index contributed by atoms with van der Waals surface area (Å²) in [5, 5.41) is 9.65. The Morgan fingerprint density at radius 3 is 2.67 bits per heavy atom. The van der Waals surface area contributed by atoms with Gasteiger partial charge in [0, 0.05) is 22.7 Å². The van der Waals surface area contributed by atoms with E-state index in [0.717, 1.165) is 22.6 Å². The van der Waals surface area contributed by atoms with E-state index in [9.17, 15) is 5.11 Å². The number of hydrogen-bond acceptors (Lipinski definition) is 2. The van der Waals surface area contributed by atoms with Gasteiger partial charge in [-0.05, 0) is 43.9 Å². The van der Waals surface area contributed by atoms with E-state index >= 15 is 0 Å². The van der Waals surface area contributed by atoms with Crippen LogP contribution >= 0.6 is 15.9 Å². The van der Waals surface area contributed by atoms with Crippen molar-refractivity contribution in [2.24, 2.45) is 0 Å². The Hall–Kier alpha value is -0.540. The monoisotopic (exact) mass is 311 g/mol. The standard InChI is InChI=1S/C15H22BrNO/c1-3-4-9-17(12-5-6-12)13-7-8-14(11(2)18)15(16)10-13/h7-8,10-12,18H,3-6,9H2,1-2H3. The number of aliphatic hydroxyl groups is 1. The van der Waals surface area contributed by atoms with E-state index in [0.29, 0.717) is 0 Å². The Labute approximate surface area is 118 Å². The summed E-state index contributed by atoms with van der Waals surface area (Å²) >= 11 is 3.57. The molecule has 1 aliphatic rings. The fourth-order valence-corrected chi connectivity index (χ4v) is 2.97. The summed E-state index contributed by atoms with van der Waals surface area (Å²) in [4.78, 5) is 2.51. The predicted octanol–water partition coefficient (Wildman–Crippen LogP) is 4.27. The van der Waals surface area contributed by atoms with Gasteiger partial charge in [-0.15, -0.1) is 0 Å². The van der Waals surface area contributed by atoms with Crippen LogP contribution in [0.4, 0.5) is 5.69 Å². The molecule has 1 N–H and O–H groups in total. The molecule has 0 aromatic heterocycles. The molecule has 18 heavy (non-hydrogen) atoms. The summed E-state index contributed by atoms with van der Waals surface area (Å²) in [6.45, 7) is 5.18. The van der Waals surface area contributed by atoms with Crippen LogP contribution in [-0.4, -0.2) is 17.7 Å². The molecule has 1 unspecified atom stereocenters. The molecule has 3 heteroatoms. The summed E-state index contributed by atoms with van der Waals surface area (Å²) in [6.07, 6.45) is 4.69. The molecule has 0 bridgehead atoms. The first-order chi connectivity index (χ1) is 8.63. The topological polar surface area (TPSA) is 23.5 Å². The normalized spacial score (nSPS) is 16.7. The van der Waals surface area contributed by atoms with Gasteiger partial charge in [0.05, 0.1) is 6.10 Å². The van der Waals surface area contributed by atoms with E-state index in [1.54, 1.807) is 6.92 Å². The molecule has 2 nitrogen and oxygen atoms in total. The van der Waals surface area contributed by atoms with Crippen LogP contribution in [0.15, 0.2) is 22.7 Å². The molecule has 0 saturated heterocycles. The highest BCUT2D eigenvalue weighted by Crippen LogP contribution is 2.35. The Balaban J connectivity index is 2.17. The average molecular weight is 312 g/mol. The molecule has 1 saturated carbocycles. The third-order valence-corrected chi connectivity index (χ3v) is 4.19. The van der Waals surface area contributed by atoms with Gasteiger partial charge in [0.15, 0.2) is 0 Å². The van der Waals surface area contributed by atoms with Gasteiger partial charge in [0.25, 0.3) is 0 Å². The Bertz CT molecular complexity index is 401. The van der Waals surface area contributed by atoms with Crippen molar-refractivity contribution in [2.75, 3.05) is 11.4 Å². The van der Waals surface area contributed by atoms with Crippen molar-refractivity contribution < 1.29 is 5.11 Å². The van der Waals surface area contributed by atoms with Crippen LogP contribution in [0.2, 0.25) is 0 Å². The van der Waals surface area contributed by atoms with E-state index in [-0.39, 0.29) is 0 Å². The molecule has 0 aliphatic heterocycles. The number of anilines is 1. The molecule has 1 fully saturated rings.